The Hall–Kier alpha value is -2.92. The lowest BCUT2D eigenvalue weighted by Crippen LogP contribution is -2.30. The molecule has 1 aliphatic rings. The Bertz CT molecular complexity index is 951. The highest BCUT2D eigenvalue weighted by Gasteiger charge is 2.13. The number of aromatic nitrogens is 2. The molecular weight excluding hydrogens is 372 g/mol. The molecular formula is C22H21ClN4O. The van der Waals surface area contributed by atoms with Crippen molar-refractivity contribution in [1.82, 2.24) is 10.2 Å². The predicted molar refractivity (Wildman–Crippen MR) is 113 cm³/mol. The van der Waals surface area contributed by atoms with Crippen LogP contribution in [0.1, 0.15) is 29.6 Å². The Labute approximate surface area is 169 Å². The second-order valence-electron chi connectivity index (χ2n) is 6.87. The van der Waals surface area contributed by atoms with Crippen molar-refractivity contribution < 1.29 is 4.79 Å². The van der Waals surface area contributed by atoms with E-state index in [0.29, 0.717) is 16.3 Å². The lowest BCUT2D eigenvalue weighted by atomic mass is 10.1. The fourth-order valence-corrected chi connectivity index (χ4v) is 3.52. The van der Waals surface area contributed by atoms with Crippen LogP contribution in [-0.2, 0) is 0 Å². The van der Waals surface area contributed by atoms with Crippen LogP contribution in [0.25, 0.3) is 11.3 Å². The average molecular weight is 393 g/mol. The molecule has 1 N–H and O–H groups in total. The molecule has 1 amide bonds. The molecule has 0 unspecified atom stereocenters. The Balaban J connectivity index is 1.43. The Morgan fingerprint density at radius 2 is 1.71 bits per heavy atom. The molecule has 0 bridgehead atoms. The Kier molecular flexibility index (Phi) is 5.53. The quantitative estimate of drug-likeness (QED) is 0.675. The van der Waals surface area contributed by atoms with Crippen molar-refractivity contribution in [2.75, 3.05) is 23.3 Å². The number of benzene rings is 2. The first kappa shape index (κ1) is 18.4. The molecule has 1 fully saturated rings. The molecule has 5 nitrogen and oxygen atoms in total. The second kappa shape index (κ2) is 8.40. The van der Waals surface area contributed by atoms with Gasteiger partial charge in [0.15, 0.2) is 5.82 Å². The molecule has 28 heavy (non-hydrogen) atoms. The molecule has 0 atom stereocenters. The molecule has 3 aromatic rings. The summed E-state index contributed by atoms with van der Waals surface area (Å²) >= 11 is 5.95. The molecule has 0 radical (unpaired) electrons. The standard InChI is InChI=1S/C22H21ClN4O/c23-18-6-4-5-17(15-18)22(28)24-19-9-7-16(8-10-19)20-11-12-21(26-25-20)27-13-2-1-3-14-27/h4-12,15H,1-3,13-14H2,(H,24,28). The zero-order valence-electron chi connectivity index (χ0n) is 15.4. The van der Waals surface area contributed by atoms with Crippen LogP contribution in [0.15, 0.2) is 60.7 Å². The van der Waals surface area contributed by atoms with Crippen LogP contribution in [0, 0.1) is 0 Å². The van der Waals surface area contributed by atoms with Gasteiger partial charge in [0.1, 0.15) is 0 Å². The topological polar surface area (TPSA) is 58.1 Å². The molecule has 4 rings (SSSR count). The molecule has 0 spiro atoms. The molecule has 2 aromatic carbocycles. The number of amides is 1. The molecule has 142 valence electrons. The highest BCUT2D eigenvalue weighted by atomic mass is 35.5. The molecule has 1 saturated heterocycles. The summed E-state index contributed by atoms with van der Waals surface area (Å²) in [5.41, 5.74) is 3.01. The summed E-state index contributed by atoms with van der Waals surface area (Å²) in [4.78, 5) is 14.6. The van der Waals surface area contributed by atoms with Crippen molar-refractivity contribution in [2.45, 2.75) is 19.3 Å². The number of rotatable bonds is 4. The number of hydrogen-bond acceptors (Lipinski definition) is 4. The molecule has 0 saturated carbocycles. The molecule has 6 heteroatoms. The lowest BCUT2D eigenvalue weighted by molar-refractivity contribution is 0.102. The predicted octanol–water partition coefficient (Wildman–Crippen LogP) is 5.04. The SMILES string of the molecule is O=C(Nc1ccc(-c2ccc(N3CCCCC3)nn2)cc1)c1cccc(Cl)c1. The average Bonchev–Trinajstić information content (AvgIpc) is 2.75. The minimum absolute atomic E-state index is 0.194. The van der Waals surface area contributed by atoms with E-state index in [0.717, 1.165) is 30.2 Å². The van der Waals surface area contributed by atoms with Crippen molar-refractivity contribution in [1.29, 1.82) is 0 Å². The van der Waals surface area contributed by atoms with E-state index in [1.807, 2.05) is 36.4 Å². The number of carbonyl (C=O) groups is 1. The fourth-order valence-electron chi connectivity index (χ4n) is 3.33. The van der Waals surface area contributed by atoms with Gasteiger partial charge in [-0.15, -0.1) is 10.2 Å². The summed E-state index contributed by atoms with van der Waals surface area (Å²) < 4.78 is 0. The van der Waals surface area contributed by atoms with Gasteiger partial charge < -0.3 is 10.2 Å². The number of hydrogen-bond donors (Lipinski definition) is 1. The molecule has 1 aromatic heterocycles. The maximum absolute atomic E-state index is 12.3. The number of halogens is 1. The zero-order chi connectivity index (χ0) is 19.3. The van der Waals surface area contributed by atoms with Gasteiger partial charge in [0.2, 0.25) is 0 Å². The summed E-state index contributed by atoms with van der Waals surface area (Å²) in [6.07, 6.45) is 3.72. The van der Waals surface area contributed by atoms with E-state index in [-0.39, 0.29) is 5.91 Å². The number of nitrogens with one attached hydrogen (secondary N) is 1. The van der Waals surface area contributed by atoms with Gasteiger partial charge in [-0.1, -0.05) is 29.8 Å². The van der Waals surface area contributed by atoms with E-state index in [4.69, 9.17) is 11.6 Å². The van der Waals surface area contributed by atoms with Gasteiger partial charge in [0.05, 0.1) is 5.69 Å². The van der Waals surface area contributed by atoms with E-state index < -0.39 is 0 Å². The van der Waals surface area contributed by atoms with E-state index in [1.54, 1.807) is 24.3 Å². The number of piperidine rings is 1. The van der Waals surface area contributed by atoms with Crippen LogP contribution >= 0.6 is 11.6 Å². The van der Waals surface area contributed by atoms with Crippen molar-refractivity contribution in [2.24, 2.45) is 0 Å². The van der Waals surface area contributed by atoms with Crippen molar-refractivity contribution in [3.8, 4) is 11.3 Å². The highest BCUT2D eigenvalue weighted by molar-refractivity contribution is 6.31. The molecule has 1 aliphatic heterocycles. The van der Waals surface area contributed by atoms with Crippen LogP contribution in [-0.4, -0.2) is 29.2 Å². The molecule has 2 heterocycles. The number of nitrogens with zero attached hydrogens (tertiary/aromatic N) is 3. The summed E-state index contributed by atoms with van der Waals surface area (Å²) in [5, 5.41) is 12.2. The second-order valence-corrected chi connectivity index (χ2v) is 7.30. The van der Waals surface area contributed by atoms with Crippen LogP contribution in [0.4, 0.5) is 11.5 Å². The minimum atomic E-state index is -0.194. The first-order valence-corrected chi connectivity index (χ1v) is 9.83. The van der Waals surface area contributed by atoms with Gasteiger partial charge in [0, 0.05) is 34.9 Å². The van der Waals surface area contributed by atoms with Gasteiger partial charge in [0.25, 0.3) is 5.91 Å². The Morgan fingerprint density at radius 3 is 2.39 bits per heavy atom. The van der Waals surface area contributed by atoms with Crippen LogP contribution in [0.3, 0.4) is 0 Å². The van der Waals surface area contributed by atoms with E-state index in [9.17, 15) is 4.79 Å². The Morgan fingerprint density at radius 1 is 0.929 bits per heavy atom. The van der Waals surface area contributed by atoms with Crippen LogP contribution in [0.2, 0.25) is 5.02 Å². The fraction of sp³-hybridized carbons (Fsp3) is 0.227. The normalized spacial score (nSPS) is 14.0. The number of carbonyl (C=O) groups excluding carboxylic acids is 1. The largest absolute Gasteiger partial charge is 0.355 e. The maximum atomic E-state index is 12.3. The maximum Gasteiger partial charge on any atom is 0.255 e. The summed E-state index contributed by atoms with van der Waals surface area (Å²) in [5.74, 6) is 0.745. The van der Waals surface area contributed by atoms with E-state index in [1.165, 1.54) is 19.3 Å². The first-order chi connectivity index (χ1) is 13.7. The third-order valence-electron chi connectivity index (χ3n) is 4.86. The number of anilines is 2. The van der Waals surface area contributed by atoms with Gasteiger partial charge in [-0.25, -0.2) is 0 Å². The smallest absolute Gasteiger partial charge is 0.255 e. The van der Waals surface area contributed by atoms with Crippen molar-refractivity contribution in [3.63, 3.8) is 0 Å². The third-order valence-corrected chi connectivity index (χ3v) is 5.09. The minimum Gasteiger partial charge on any atom is -0.355 e. The first-order valence-electron chi connectivity index (χ1n) is 9.45. The summed E-state index contributed by atoms with van der Waals surface area (Å²) in [7, 11) is 0. The van der Waals surface area contributed by atoms with Crippen LogP contribution < -0.4 is 10.2 Å². The summed E-state index contributed by atoms with van der Waals surface area (Å²) in [6, 6.07) is 18.5. The van der Waals surface area contributed by atoms with E-state index in [2.05, 4.69) is 20.4 Å². The van der Waals surface area contributed by atoms with Gasteiger partial charge in [-0.05, 0) is 61.7 Å². The van der Waals surface area contributed by atoms with Crippen molar-refractivity contribution in [3.05, 3.63) is 71.2 Å². The lowest BCUT2D eigenvalue weighted by Gasteiger charge is -2.27. The van der Waals surface area contributed by atoms with Gasteiger partial charge in [-0.3, -0.25) is 4.79 Å². The third kappa shape index (κ3) is 4.31. The van der Waals surface area contributed by atoms with Gasteiger partial charge in [-0.2, -0.15) is 0 Å². The zero-order valence-corrected chi connectivity index (χ0v) is 16.2. The van der Waals surface area contributed by atoms with Gasteiger partial charge >= 0.3 is 0 Å². The summed E-state index contributed by atoms with van der Waals surface area (Å²) in [6.45, 7) is 2.10. The molecule has 0 aliphatic carbocycles. The van der Waals surface area contributed by atoms with Crippen molar-refractivity contribution >= 4 is 29.0 Å². The van der Waals surface area contributed by atoms with Crippen LogP contribution in [0.5, 0.6) is 0 Å². The highest BCUT2D eigenvalue weighted by Crippen LogP contribution is 2.22. The van der Waals surface area contributed by atoms with E-state index >= 15 is 0 Å². The monoisotopic (exact) mass is 392 g/mol.